The fourth-order valence-corrected chi connectivity index (χ4v) is 6.36. The first-order chi connectivity index (χ1) is 19.9. The van der Waals surface area contributed by atoms with E-state index in [1.807, 2.05) is 30.1 Å². The molecular weight excluding hydrogens is 520 g/mol. The van der Waals surface area contributed by atoms with Crippen molar-refractivity contribution in [1.29, 1.82) is 0 Å². The van der Waals surface area contributed by atoms with Gasteiger partial charge >= 0.3 is 0 Å². The maximum absolute atomic E-state index is 12.9. The molecule has 0 radical (unpaired) electrons. The Labute approximate surface area is 240 Å². The highest BCUT2D eigenvalue weighted by atomic mass is 16.5. The Bertz CT molecular complexity index is 1410. The standard InChI is InChI=1S/C31H38N6O4/c1-34-27-19-24(7-8-25(27)30(33-34)26-9-10-28(38)32-31(26)40)41-21-29(39)37-13-11-22(12-14-37)20-35-15-17-36(18-16-35)23-5-3-2-4-6-23/h2-8,19,22,26H,9-18,20-21H2,1H3,(H,32,38,40). The topological polar surface area (TPSA) is 100 Å². The van der Waals surface area contributed by atoms with Crippen LogP contribution in [0.1, 0.15) is 37.3 Å². The summed E-state index contributed by atoms with van der Waals surface area (Å²) in [5, 5.41) is 7.83. The number of nitrogens with zero attached hydrogens (tertiary/aromatic N) is 5. The molecule has 3 fully saturated rings. The van der Waals surface area contributed by atoms with Crippen LogP contribution in [0.15, 0.2) is 48.5 Å². The third-order valence-corrected chi connectivity index (χ3v) is 8.76. The second-order valence-electron chi connectivity index (χ2n) is 11.4. The van der Waals surface area contributed by atoms with Gasteiger partial charge in [-0.3, -0.25) is 29.3 Å². The molecule has 41 heavy (non-hydrogen) atoms. The number of rotatable bonds is 7. The van der Waals surface area contributed by atoms with Gasteiger partial charge in [-0.05, 0) is 49.4 Å². The molecule has 0 saturated carbocycles. The average Bonchev–Trinajstić information content (AvgIpc) is 3.32. The van der Waals surface area contributed by atoms with Crippen molar-refractivity contribution in [3.05, 3.63) is 54.2 Å². The molecule has 3 amide bonds. The summed E-state index contributed by atoms with van der Waals surface area (Å²) in [6.45, 7) is 6.92. The second-order valence-corrected chi connectivity index (χ2v) is 11.4. The Morgan fingerprint density at radius 1 is 0.976 bits per heavy atom. The first-order valence-electron chi connectivity index (χ1n) is 14.7. The average molecular weight is 559 g/mol. The predicted octanol–water partition coefficient (Wildman–Crippen LogP) is 2.53. The van der Waals surface area contributed by atoms with E-state index in [2.05, 4.69) is 50.5 Å². The number of fused-ring (bicyclic) bond motifs is 1. The molecule has 6 rings (SSSR count). The number of carbonyl (C=O) groups excluding carboxylic acids is 3. The predicted molar refractivity (Wildman–Crippen MR) is 156 cm³/mol. The summed E-state index contributed by atoms with van der Waals surface area (Å²) in [4.78, 5) is 43.8. The molecule has 10 nitrogen and oxygen atoms in total. The zero-order chi connectivity index (χ0) is 28.3. The fourth-order valence-electron chi connectivity index (χ4n) is 6.36. The molecule has 1 aromatic heterocycles. The van der Waals surface area contributed by atoms with E-state index in [0.29, 0.717) is 30.2 Å². The number of amides is 3. The molecule has 3 aliphatic rings. The Morgan fingerprint density at radius 3 is 2.46 bits per heavy atom. The van der Waals surface area contributed by atoms with Crippen molar-refractivity contribution in [1.82, 2.24) is 24.9 Å². The van der Waals surface area contributed by atoms with E-state index in [1.54, 1.807) is 4.68 Å². The van der Waals surface area contributed by atoms with Crippen LogP contribution in [-0.2, 0) is 21.4 Å². The Morgan fingerprint density at radius 2 is 1.73 bits per heavy atom. The second kappa shape index (κ2) is 11.9. The number of aromatic nitrogens is 2. The lowest BCUT2D eigenvalue weighted by Crippen LogP contribution is -2.49. The van der Waals surface area contributed by atoms with Crippen LogP contribution in [0.3, 0.4) is 0 Å². The molecule has 0 bridgehead atoms. The number of para-hydroxylation sites is 1. The Kier molecular flexibility index (Phi) is 7.91. The van der Waals surface area contributed by atoms with Gasteiger partial charge in [-0.15, -0.1) is 0 Å². The van der Waals surface area contributed by atoms with Crippen molar-refractivity contribution >= 4 is 34.3 Å². The lowest BCUT2D eigenvalue weighted by atomic mass is 9.93. The summed E-state index contributed by atoms with van der Waals surface area (Å²) in [6.07, 6.45) is 2.80. The SMILES string of the molecule is Cn1nc(C2CCC(=O)NC2=O)c2ccc(OCC(=O)N3CCC(CN4CCN(c5ccccc5)CC4)CC3)cc21. The number of piperazine rings is 1. The van der Waals surface area contributed by atoms with Crippen molar-refractivity contribution < 1.29 is 19.1 Å². The molecule has 3 aliphatic heterocycles. The molecule has 3 saturated heterocycles. The molecular formula is C31H38N6O4. The number of ether oxygens (including phenoxy) is 1. The van der Waals surface area contributed by atoms with Crippen molar-refractivity contribution in [2.75, 3.05) is 57.3 Å². The molecule has 4 heterocycles. The van der Waals surface area contributed by atoms with Crippen LogP contribution in [0.2, 0.25) is 0 Å². The van der Waals surface area contributed by atoms with Gasteiger partial charge in [0.25, 0.3) is 5.91 Å². The van der Waals surface area contributed by atoms with Crippen molar-refractivity contribution in [3.8, 4) is 5.75 Å². The quantitative estimate of drug-likeness (QED) is 0.445. The van der Waals surface area contributed by atoms with Gasteiger partial charge in [0, 0.05) is 76.4 Å². The number of hydrogen-bond acceptors (Lipinski definition) is 7. The number of likely N-dealkylation sites (tertiary alicyclic amines) is 1. The van der Waals surface area contributed by atoms with Gasteiger partial charge in [0.2, 0.25) is 11.8 Å². The minimum atomic E-state index is -0.452. The summed E-state index contributed by atoms with van der Waals surface area (Å²) in [5.74, 6) is 0.221. The van der Waals surface area contributed by atoms with Crippen molar-refractivity contribution in [3.63, 3.8) is 0 Å². The number of piperidine rings is 2. The maximum atomic E-state index is 12.9. The van der Waals surface area contributed by atoms with Crippen LogP contribution in [0, 0.1) is 5.92 Å². The zero-order valence-electron chi connectivity index (χ0n) is 23.6. The van der Waals surface area contributed by atoms with Crippen molar-refractivity contribution in [2.45, 2.75) is 31.6 Å². The summed E-state index contributed by atoms with van der Waals surface area (Å²) >= 11 is 0. The summed E-state index contributed by atoms with van der Waals surface area (Å²) in [5.41, 5.74) is 2.79. The minimum absolute atomic E-state index is 0.00449. The maximum Gasteiger partial charge on any atom is 0.260 e. The van der Waals surface area contributed by atoms with Gasteiger partial charge < -0.3 is 14.5 Å². The number of hydrogen-bond donors (Lipinski definition) is 1. The monoisotopic (exact) mass is 558 g/mol. The molecule has 0 spiro atoms. The molecule has 3 aromatic rings. The summed E-state index contributed by atoms with van der Waals surface area (Å²) in [6, 6.07) is 16.2. The number of nitrogens with one attached hydrogen (secondary N) is 1. The van der Waals surface area contributed by atoms with E-state index in [0.717, 1.165) is 69.6 Å². The Hall–Kier alpha value is -3.92. The lowest BCUT2D eigenvalue weighted by molar-refractivity contribution is -0.135. The van der Waals surface area contributed by atoms with Gasteiger partial charge in [0.05, 0.1) is 17.1 Å². The number of carbonyl (C=O) groups is 3. The van der Waals surface area contributed by atoms with Gasteiger partial charge in [-0.1, -0.05) is 18.2 Å². The number of imide groups is 1. The highest BCUT2D eigenvalue weighted by Crippen LogP contribution is 2.32. The van der Waals surface area contributed by atoms with Gasteiger partial charge in [-0.2, -0.15) is 5.10 Å². The molecule has 1 N–H and O–H groups in total. The molecule has 0 aliphatic carbocycles. The summed E-state index contributed by atoms with van der Waals surface area (Å²) in [7, 11) is 1.82. The third-order valence-electron chi connectivity index (χ3n) is 8.76. The molecule has 216 valence electrons. The molecule has 10 heteroatoms. The molecule has 1 atom stereocenters. The normalized spacial score (nSPS) is 20.9. The van der Waals surface area contributed by atoms with E-state index < -0.39 is 5.92 Å². The third kappa shape index (κ3) is 6.07. The molecule has 2 aromatic carbocycles. The van der Waals surface area contributed by atoms with Crippen molar-refractivity contribution in [2.24, 2.45) is 13.0 Å². The Balaban J connectivity index is 0.966. The minimum Gasteiger partial charge on any atom is -0.484 e. The highest BCUT2D eigenvalue weighted by molar-refractivity contribution is 6.02. The lowest BCUT2D eigenvalue weighted by Gasteiger charge is -2.39. The van der Waals surface area contributed by atoms with Crippen LogP contribution in [0.4, 0.5) is 5.69 Å². The van der Waals surface area contributed by atoms with E-state index in [-0.39, 0.29) is 24.3 Å². The van der Waals surface area contributed by atoms with Crippen LogP contribution in [0.5, 0.6) is 5.75 Å². The largest absolute Gasteiger partial charge is 0.484 e. The number of anilines is 1. The zero-order valence-corrected chi connectivity index (χ0v) is 23.6. The van der Waals surface area contributed by atoms with Crippen LogP contribution < -0.4 is 15.0 Å². The fraction of sp³-hybridized carbons (Fsp3) is 0.484. The van der Waals surface area contributed by atoms with Crippen LogP contribution in [0.25, 0.3) is 10.9 Å². The molecule has 1 unspecified atom stereocenters. The van der Waals surface area contributed by atoms with E-state index >= 15 is 0 Å². The first-order valence-corrected chi connectivity index (χ1v) is 14.7. The van der Waals surface area contributed by atoms with Gasteiger partial charge in [0.15, 0.2) is 6.61 Å². The number of aryl methyl sites for hydroxylation is 1. The summed E-state index contributed by atoms with van der Waals surface area (Å²) < 4.78 is 7.62. The van der Waals surface area contributed by atoms with Gasteiger partial charge in [0.1, 0.15) is 5.75 Å². The van der Waals surface area contributed by atoms with Crippen LogP contribution >= 0.6 is 0 Å². The highest BCUT2D eigenvalue weighted by Gasteiger charge is 2.32. The van der Waals surface area contributed by atoms with Gasteiger partial charge in [-0.25, -0.2) is 0 Å². The smallest absolute Gasteiger partial charge is 0.260 e. The van der Waals surface area contributed by atoms with E-state index in [1.165, 1.54) is 5.69 Å². The van der Waals surface area contributed by atoms with Crippen LogP contribution in [-0.4, -0.2) is 89.7 Å². The number of benzene rings is 2. The van der Waals surface area contributed by atoms with E-state index in [4.69, 9.17) is 4.74 Å². The van der Waals surface area contributed by atoms with E-state index in [9.17, 15) is 14.4 Å². The first kappa shape index (κ1) is 27.3.